The molecule has 1 aliphatic heterocycles. The van der Waals surface area contributed by atoms with Crippen LogP contribution in [0.15, 0.2) is 48.5 Å². The molecule has 0 bridgehead atoms. The maximum absolute atomic E-state index is 12.9. The smallest absolute Gasteiger partial charge is 0.282 e. The number of carbonyl (C=O) groups excluding carboxylic acids is 1. The fourth-order valence-electron chi connectivity index (χ4n) is 3.84. The summed E-state index contributed by atoms with van der Waals surface area (Å²) in [5.41, 5.74) is 3.32. The number of hydrogen-bond donors (Lipinski definition) is 2. The first kappa shape index (κ1) is 20.7. The first-order valence-electron chi connectivity index (χ1n) is 10.2. The molecule has 2 aromatic rings. The molecule has 0 spiro atoms. The van der Waals surface area contributed by atoms with Gasteiger partial charge in [0.25, 0.3) is 5.91 Å². The SMILES string of the molecule is CC[C@@H](C)c1ccccc1NC(=O)[C@H](C)[NH+]1CCN(c2cccc(Cl)c2)CC1. The van der Waals surface area contributed by atoms with Crippen LogP contribution >= 0.6 is 11.6 Å². The summed E-state index contributed by atoms with van der Waals surface area (Å²) in [5, 5.41) is 3.95. The molecule has 4 nitrogen and oxygen atoms in total. The van der Waals surface area contributed by atoms with Crippen LogP contribution in [0, 0.1) is 0 Å². The summed E-state index contributed by atoms with van der Waals surface area (Å²) in [7, 11) is 0. The van der Waals surface area contributed by atoms with E-state index in [9.17, 15) is 4.79 Å². The normalized spacial score (nSPS) is 17.2. The van der Waals surface area contributed by atoms with Gasteiger partial charge in [0.05, 0.1) is 26.2 Å². The third-order valence-electron chi connectivity index (χ3n) is 5.95. The Morgan fingerprint density at radius 2 is 1.86 bits per heavy atom. The standard InChI is InChI=1S/C23H30ClN3O/c1-4-17(2)21-10-5-6-11-22(21)25-23(28)18(3)26-12-14-27(15-13-26)20-9-7-8-19(24)16-20/h5-11,16-18H,4,12-15H2,1-3H3,(H,25,28)/p+1/t17-,18+/m1/s1. The van der Waals surface area contributed by atoms with Crippen LogP contribution in [0.1, 0.15) is 38.7 Å². The maximum Gasteiger partial charge on any atom is 0.282 e. The van der Waals surface area contributed by atoms with Crippen molar-refractivity contribution in [3.05, 3.63) is 59.1 Å². The van der Waals surface area contributed by atoms with E-state index in [4.69, 9.17) is 11.6 Å². The topological polar surface area (TPSA) is 36.8 Å². The Morgan fingerprint density at radius 1 is 1.14 bits per heavy atom. The van der Waals surface area contributed by atoms with Gasteiger partial charge < -0.3 is 15.1 Å². The van der Waals surface area contributed by atoms with Crippen LogP contribution in [0.3, 0.4) is 0 Å². The molecule has 0 unspecified atom stereocenters. The molecule has 150 valence electrons. The Bertz CT molecular complexity index is 802. The minimum absolute atomic E-state index is 0.0773. The molecule has 28 heavy (non-hydrogen) atoms. The molecule has 2 aromatic carbocycles. The van der Waals surface area contributed by atoms with E-state index in [2.05, 4.69) is 36.2 Å². The van der Waals surface area contributed by atoms with Gasteiger partial charge >= 0.3 is 0 Å². The number of piperazine rings is 1. The lowest BCUT2D eigenvalue weighted by Crippen LogP contribution is -3.19. The Labute approximate surface area is 173 Å². The number of nitrogens with zero attached hydrogens (tertiary/aromatic N) is 1. The molecule has 5 heteroatoms. The van der Waals surface area contributed by atoms with E-state index in [-0.39, 0.29) is 11.9 Å². The molecule has 2 N–H and O–H groups in total. The van der Waals surface area contributed by atoms with Gasteiger partial charge in [-0.3, -0.25) is 4.79 Å². The van der Waals surface area contributed by atoms with Gasteiger partial charge in [0.2, 0.25) is 0 Å². The van der Waals surface area contributed by atoms with Crippen molar-refractivity contribution >= 4 is 28.9 Å². The largest absolute Gasteiger partial charge is 0.360 e. The number of para-hydroxylation sites is 1. The average molecular weight is 401 g/mol. The summed E-state index contributed by atoms with van der Waals surface area (Å²) < 4.78 is 0. The zero-order valence-corrected chi connectivity index (χ0v) is 17.8. The van der Waals surface area contributed by atoms with Crippen molar-refractivity contribution in [3.63, 3.8) is 0 Å². The highest BCUT2D eigenvalue weighted by Crippen LogP contribution is 2.26. The average Bonchev–Trinajstić information content (AvgIpc) is 2.73. The minimum atomic E-state index is -0.0773. The molecule has 1 saturated heterocycles. The predicted octanol–water partition coefficient (Wildman–Crippen LogP) is 3.59. The number of quaternary nitrogens is 1. The van der Waals surface area contributed by atoms with Gasteiger partial charge in [-0.1, -0.05) is 49.7 Å². The van der Waals surface area contributed by atoms with Crippen LogP contribution in [0.2, 0.25) is 5.02 Å². The third-order valence-corrected chi connectivity index (χ3v) is 6.18. The highest BCUT2D eigenvalue weighted by Gasteiger charge is 2.29. The maximum atomic E-state index is 12.9. The second kappa shape index (κ2) is 9.44. The predicted molar refractivity (Wildman–Crippen MR) is 118 cm³/mol. The van der Waals surface area contributed by atoms with Crippen molar-refractivity contribution in [2.24, 2.45) is 0 Å². The van der Waals surface area contributed by atoms with Crippen molar-refractivity contribution in [1.82, 2.24) is 0 Å². The number of amides is 1. The molecule has 1 heterocycles. The van der Waals surface area contributed by atoms with E-state index < -0.39 is 0 Å². The zero-order chi connectivity index (χ0) is 20.1. The highest BCUT2D eigenvalue weighted by molar-refractivity contribution is 6.30. The Hall–Kier alpha value is -2.04. The molecule has 3 rings (SSSR count). The number of halogens is 1. The van der Waals surface area contributed by atoms with E-state index in [1.165, 1.54) is 10.5 Å². The summed E-state index contributed by atoms with van der Waals surface area (Å²) in [6, 6.07) is 16.1. The number of carbonyl (C=O) groups is 1. The van der Waals surface area contributed by atoms with Gasteiger partial charge in [0.15, 0.2) is 6.04 Å². The molecule has 1 fully saturated rings. The quantitative estimate of drug-likeness (QED) is 0.777. The fraction of sp³-hybridized carbons (Fsp3) is 0.435. The highest BCUT2D eigenvalue weighted by atomic mass is 35.5. The van der Waals surface area contributed by atoms with Gasteiger partial charge in [-0.05, 0) is 49.1 Å². The van der Waals surface area contributed by atoms with Crippen LogP contribution in [0.5, 0.6) is 0 Å². The number of nitrogens with one attached hydrogen (secondary N) is 2. The van der Waals surface area contributed by atoms with E-state index in [1.54, 1.807) is 0 Å². The molecular formula is C23H31ClN3O+. The lowest BCUT2D eigenvalue weighted by Gasteiger charge is -2.36. The van der Waals surface area contributed by atoms with E-state index >= 15 is 0 Å². The molecule has 1 aliphatic rings. The number of rotatable bonds is 6. The lowest BCUT2D eigenvalue weighted by atomic mass is 9.97. The summed E-state index contributed by atoms with van der Waals surface area (Å²) in [6.45, 7) is 10.1. The van der Waals surface area contributed by atoms with Crippen LogP contribution in [-0.2, 0) is 4.79 Å². The van der Waals surface area contributed by atoms with Crippen molar-refractivity contribution in [2.75, 3.05) is 36.4 Å². The summed E-state index contributed by atoms with van der Waals surface area (Å²) in [4.78, 5) is 16.6. The summed E-state index contributed by atoms with van der Waals surface area (Å²) in [5.74, 6) is 0.530. The van der Waals surface area contributed by atoms with Crippen molar-refractivity contribution in [3.8, 4) is 0 Å². The van der Waals surface area contributed by atoms with E-state index in [0.29, 0.717) is 5.92 Å². The first-order chi connectivity index (χ1) is 13.5. The van der Waals surface area contributed by atoms with Gasteiger partial charge in [0, 0.05) is 16.4 Å². The fourth-order valence-corrected chi connectivity index (χ4v) is 4.03. The van der Waals surface area contributed by atoms with Crippen LogP contribution in [0.4, 0.5) is 11.4 Å². The molecular weight excluding hydrogens is 370 g/mol. The Kier molecular flexibility index (Phi) is 6.97. The summed E-state index contributed by atoms with van der Waals surface area (Å²) in [6.07, 6.45) is 1.05. The zero-order valence-electron chi connectivity index (χ0n) is 17.0. The Balaban J connectivity index is 1.59. The van der Waals surface area contributed by atoms with Gasteiger partial charge in [-0.15, -0.1) is 0 Å². The van der Waals surface area contributed by atoms with Gasteiger partial charge in [-0.2, -0.15) is 0 Å². The number of benzene rings is 2. The minimum Gasteiger partial charge on any atom is -0.360 e. The second-order valence-electron chi connectivity index (χ2n) is 7.73. The third kappa shape index (κ3) is 4.86. The summed E-state index contributed by atoms with van der Waals surface area (Å²) >= 11 is 6.12. The van der Waals surface area contributed by atoms with Crippen molar-refractivity contribution in [1.29, 1.82) is 0 Å². The van der Waals surface area contributed by atoms with Crippen molar-refractivity contribution < 1.29 is 9.69 Å². The van der Waals surface area contributed by atoms with Crippen LogP contribution in [0.25, 0.3) is 0 Å². The van der Waals surface area contributed by atoms with Gasteiger partial charge in [0.1, 0.15) is 0 Å². The molecule has 0 aliphatic carbocycles. The number of anilines is 2. The Morgan fingerprint density at radius 3 is 2.54 bits per heavy atom. The number of hydrogen-bond acceptors (Lipinski definition) is 2. The second-order valence-corrected chi connectivity index (χ2v) is 8.17. The van der Waals surface area contributed by atoms with E-state index in [0.717, 1.165) is 49.0 Å². The molecule has 0 aromatic heterocycles. The van der Waals surface area contributed by atoms with Crippen molar-refractivity contribution in [2.45, 2.75) is 39.2 Å². The monoisotopic (exact) mass is 400 g/mol. The van der Waals surface area contributed by atoms with Crippen LogP contribution in [-0.4, -0.2) is 38.1 Å². The molecule has 2 atom stereocenters. The van der Waals surface area contributed by atoms with Gasteiger partial charge in [-0.25, -0.2) is 0 Å². The van der Waals surface area contributed by atoms with E-state index in [1.807, 2.05) is 43.3 Å². The molecule has 0 radical (unpaired) electrons. The lowest BCUT2D eigenvalue weighted by molar-refractivity contribution is -0.914. The van der Waals surface area contributed by atoms with Crippen LogP contribution < -0.4 is 15.1 Å². The molecule has 1 amide bonds. The molecule has 0 saturated carbocycles. The first-order valence-corrected chi connectivity index (χ1v) is 10.6.